The molecule has 1 aromatic heterocycles. The van der Waals surface area contributed by atoms with Gasteiger partial charge in [0.1, 0.15) is 10.4 Å². The SMILES string of the molecule is COc1ccc(CCn2cc(NC(=O)[C@@H]3CSC(=S)N3)cn2)cc1OC. The second kappa shape index (κ2) is 8.41. The van der Waals surface area contributed by atoms with Crippen molar-refractivity contribution in [1.82, 2.24) is 15.1 Å². The Hall–Kier alpha value is -2.26. The van der Waals surface area contributed by atoms with Crippen molar-refractivity contribution in [3.8, 4) is 11.5 Å². The molecule has 1 aliphatic rings. The Kier molecular flexibility index (Phi) is 6.00. The van der Waals surface area contributed by atoms with Crippen molar-refractivity contribution in [1.29, 1.82) is 0 Å². The van der Waals surface area contributed by atoms with Gasteiger partial charge in [0, 0.05) is 18.5 Å². The summed E-state index contributed by atoms with van der Waals surface area (Å²) in [7, 11) is 3.24. The summed E-state index contributed by atoms with van der Waals surface area (Å²) in [5.74, 6) is 1.96. The molecule has 0 saturated carbocycles. The summed E-state index contributed by atoms with van der Waals surface area (Å²) in [6.45, 7) is 0.687. The van der Waals surface area contributed by atoms with Crippen LogP contribution in [0, 0.1) is 0 Å². The lowest BCUT2D eigenvalue weighted by Crippen LogP contribution is -2.38. The van der Waals surface area contributed by atoms with Crippen molar-refractivity contribution in [2.75, 3.05) is 25.3 Å². The van der Waals surface area contributed by atoms with Crippen LogP contribution < -0.4 is 20.1 Å². The molecule has 1 aliphatic heterocycles. The van der Waals surface area contributed by atoms with Crippen molar-refractivity contribution in [2.24, 2.45) is 0 Å². The number of carbonyl (C=O) groups is 1. The maximum absolute atomic E-state index is 12.2. The topological polar surface area (TPSA) is 77.4 Å². The molecule has 0 radical (unpaired) electrons. The summed E-state index contributed by atoms with van der Waals surface area (Å²) >= 11 is 6.52. The number of thiocarbonyl (C=S) groups is 1. The van der Waals surface area contributed by atoms with Crippen molar-refractivity contribution in [2.45, 2.75) is 19.0 Å². The molecule has 1 amide bonds. The van der Waals surface area contributed by atoms with E-state index in [0.29, 0.717) is 33.8 Å². The molecule has 0 bridgehead atoms. The number of carbonyl (C=O) groups excluding carboxylic acids is 1. The van der Waals surface area contributed by atoms with Crippen LogP contribution in [0.2, 0.25) is 0 Å². The van der Waals surface area contributed by atoms with Crippen LogP contribution in [0.4, 0.5) is 5.69 Å². The zero-order valence-electron chi connectivity index (χ0n) is 14.5. The van der Waals surface area contributed by atoms with Crippen molar-refractivity contribution in [3.63, 3.8) is 0 Å². The summed E-state index contributed by atoms with van der Waals surface area (Å²) in [6.07, 6.45) is 4.25. The Labute approximate surface area is 161 Å². The number of rotatable bonds is 7. The highest BCUT2D eigenvalue weighted by Crippen LogP contribution is 2.27. The molecule has 9 heteroatoms. The van der Waals surface area contributed by atoms with E-state index in [1.165, 1.54) is 11.8 Å². The predicted octanol–water partition coefficient (Wildman–Crippen LogP) is 2.07. The minimum Gasteiger partial charge on any atom is -0.493 e. The van der Waals surface area contributed by atoms with Gasteiger partial charge in [-0.3, -0.25) is 9.48 Å². The maximum Gasteiger partial charge on any atom is 0.247 e. The molecule has 0 spiro atoms. The normalized spacial score (nSPS) is 16.2. The summed E-state index contributed by atoms with van der Waals surface area (Å²) < 4.78 is 13.0. The number of aryl methyl sites for hydroxylation is 2. The first-order chi connectivity index (χ1) is 12.6. The number of methoxy groups -OCH3 is 2. The van der Waals surface area contributed by atoms with E-state index in [2.05, 4.69) is 15.7 Å². The summed E-state index contributed by atoms with van der Waals surface area (Å²) in [5, 5.41) is 10.1. The van der Waals surface area contributed by atoms with Crippen LogP contribution in [0.15, 0.2) is 30.6 Å². The first kappa shape index (κ1) is 18.5. The lowest BCUT2D eigenvalue weighted by Gasteiger charge is -2.10. The summed E-state index contributed by atoms with van der Waals surface area (Å²) in [6, 6.07) is 5.56. The highest BCUT2D eigenvalue weighted by molar-refractivity contribution is 8.23. The average molecular weight is 393 g/mol. The second-order valence-corrected chi connectivity index (χ2v) is 7.41. The molecule has 1 saturated heterocycles. The largest absolute Gasteiger partial charge is 0.493 e. The summed E-state index contributed by atoms with van der Waals surface area (Å²) in [4.78, 5) is 12.2. The molecule has 0 aliphatic carbocycles. The predicted molar refractivity (Wildman–Crippen MR) is 106 cm³/mol. The number of nitrogens with zero attached hydrogens (tertiary/aromatic N) is 2. The first-order valence-electron chi connectivity index (χ1n) is 8.06. The molecule has 3 rings (SSSR count). The van der Waals surface area contributed by atoms with Gasteiger partial charge in [-0.25, -0.2) is 0 Å². The molecule has 26 heavy (non-hydrogen) atoms. The van der Waals surface area contributed by atoms with E-state index in [9.17, 15) is 4.79 Å². The van der Waals surface area contributed by atoms with Crippen LogP contribution in [-0.4, -0.2) is 46.0 Å². The van der Waals surface area contributed by atoms with Gasteiger partial charge in [-0.15, -0.1) is 0 Å². The number of anilines is 1. The third kappa shape index (κ3) is 4.47. The van der Waals surface area contributed by atoms with Gasteiger partial charge in [-0.05, 0) is 24.1 Å². The Morgan fingerprint density at radius 1 is 1.42 bits per heavy atom. The lowest BCUT2D eigenvalue weighted by molar-refractivity contribution is -0.117. The number of aromatic nitrogens is 2. The number of hydrogen-bond acceptors (Lipinski definition) is 6. The molecular formula is C17H20N4O3S2. The summed E-state index contributed by atoms with van der Waals surface area (Å²) in [5.41, 5.74) is 1.79. The van der Waals surface area contributed by atoms with Crippen LogP contribution in [0.25, 0.3) is 0 Å². The van der Waals surface area contributed by atoms with E-state index in [1.54, 1.807) is 25.1 Å². The molecule has 1 fully saturated rings. The van der Waals surface area contributed by atoms with E-state index < -0.39 is 0 Å². The molecule has 7 nitrogen and oxygen atoms in total. The minimum absolute atomic E-state index is 0.100. The molecule has 0 unspecified atom stereocenters. The van der Waals surface area contributed by atoms with Crippen molar-refractivity contribution >= 4 is 39.9 Å². The van der Waals surface area contributed by atoms with Gasteiger partial charge in [-0.2, -0.15) is 5.10 Å². The van der Waals surface area contributed by atoms with E-state index in [1.807, 2.05) is 24.4 Å². The zero-order chi connectivity index (χ0) is 18.5. The van der Waals surface area contributed by atoms with Gasteiger partial charge >= 0.3 is 0 Å². The number of nitrogens with one attached hydrogen (secondary N) is 2. The highest BCUT2D eigenvalue weighted by Gasteiger charge is 2.25. The number of ether oxygens (including phenoxy) is 2. The van der Waals surface area contributed by atoms with Gasteiger partial charge in [0.15, 0.2) is 11.5 Å². The Bertz CT molecular complexity index is 809. The molecule has 2 heterocycles. The fraction of sp³-hybridized carbons (Fsp3) is 0.353. The molecular weight excluding hydrogens is 372 g/mol. The third-order valence-corrected chi connectivity index (χ3v) is 5.32. The maximum atomic E-state index is 12.2. The minimum atomic E-state index is -0.289. The Balaban J connectivity index is 1.55. The zero-order valence-corrected chi connectivity index (χ0v) is 16.2. The van der Waals surface area contributed by atoms with E-state index >= 15 is 0 Å². The Morgan fingerprint density at radius 2 is 2.23 bits per heavy atom. The molecule has 1 atom stereocenters. The van der Waals surface area contributed by atoms with Crippen LogP contribution >= 0.6 is 24.0 Å². The van der Waals surface area contributed by atoms with Gasteiger partial charge in [0.25, 0.3) is 0 Å². The lowest BCUT2D eigenvalue weighted by atomic mass is 10.1. The number of thioether (sulfide) groups is 1. The van der Waals surface area contributed by atoms with E-state index in [0.717, 1.165) is 12.0 Å². The van der Waals surface area contributed by atoms with Gasteiger partial charge < -0.3 is 20.1 Å². The van der Waals surface area contributed by atoms with Gasteiger partial charge in [-0.1, -0.05) is 30.0 Å². The second-order valence-electron chi connectivity index (χ2n) is 5.72. The molecule has 2 aromatic rings. The monoisotopic (exact) mass is 392 g/mol. The first-order valence-corrected chi connectivity index (χ1v) is 9.46. The van der Waals surface area contributed by atoms with Gasteiger partial charge in [0.2, 0.25) is 5.91 Å². The van der Waals surface area contributed by atoms with Crippen molar-refractivity contribution in [3.05, 3.63) is 36.2 Å². The number of benzene rings is 1. The van der Waals surface area contributed by atoms with Gasteiger partial charge in [0.05, 0.1) is 26.1 Å². The van der Waals surface area contributed by atoms with Crippen LogP contribution in [0.3, 0.4) is 0 Å². The number of hydrogen-bond donors (Lipinski definition) is 2. The molecule has 2 N–H and O–H groups in total. The van der Waals surface area contributed by atoms with E-state index in [4.69, 9.17) is 21.7 Å². The fourth-order valence-corrected chi connectivity index (χ4v) is 3.71. The Morgan fingerprint density at radius 3 is 2.92 bits per heavy atom. The molecule has 138 valence electrons. The smallest absolute Gasteiger partial charge is 0.247 e. The standard InChI is InChI=1S/C17H20N4O3S2/c1-23-14-4-3-11(7-15(14)24-2)5-6-21-9-12(8-18-21)19-16(22)13-10-26-17(25)20-13/h3-4,7-9,13H,5-6,10H2,1-2H3,(H,19,22)(H,20,25)/t13-/m0/s1. The van der Waals surface area contributed by atoms with Crippen LogP contribution in [0.5, 0.6) is 11.5 Å². The van der Waals surface area contributed by atoms with Crippen LogP contribution in [-0.2, 0) is 17.8 Å². The quantitative estimate of drug-likeness (QED) is 0.699. The molecule has 1 aromatic carbocycles. The van der Waals surface area contributed by atoms with Crippen molar-refractivity contribution < 1.29 is 14.3 Å². The van der Waals surface area contributed by atoms with Crippen LogP contribution in [0.1, 0.15) is 5.56 Å². The average Bonchev–Trinajstić information content (AvgIpc) is 3.28. The highest BCUT2D eigenvalue weighted by atomic mass is 32.2. The number of amides is 1. The third-order valence-electron chi connectivity index (χ3n) is 3.97. The fourth-order valence-electron chi connectivity index (χ4n) is 2.59. The van der Waals surface area contributed by atoms with E-state index in [-0.39, 0.29) is 11.9 Å².